The quantitative estimate of drug-likeness (QED) is 0.711. The predicted molar refractivity (Wildman–Crippen MR) is 97.8 cm³/mol. The summed E-state index contributed by atoms with van der Waals surface area (Å²) in [5, 5.41) is 8.22. The molecule has 0 atom stereocenters. The van der Waals surface area contributed by atoms with Crippen LogP contribution in [0.4, 0.5) is 5.82 Å². The minimum absolute atomic E-state index is 0.448. The lowest BCUT2D eigenvalue weighted by molar-refractivity contribution is 0.1000. The monoisotopic (exact) mass is 365 g/mol. The zero-order valence-electron chi connectivity index (χ0n) is 14.7. The molecule has 3 aromatic heterocycles. The third-order valence-corrected chi connectivity index (χ3v) is 4.46. The Hall–Kier alpha value is -3.33. The van der Waals surface area contributed by atoms with E-state index in [0.717, 1.165) is 31.7 Å². The van der Waals surface area contributed by atoms with Crippen molar-refractivity contribution in [2.24, 2.45) is 5.73 Å². The first-order chi connectivity index (χ1) is 13.2. The van der Waals surface area contributed by atoms with Crippen molar-refractivity contribution in [3.8, 4) is 11.5 Å². The Morgan fingerprint density at radius 3 is 2.67 bits per heavy atom. The maximum atomic E-state index is 11.6. The largest absolute Gasteiger partial charge is 0.419 e. The van der Waals surface area contributed by atoms with Crippen LogP contribution in [-0.4, -0.2) is 57.2 Å². The van der Waals surface area contributed by atoms with Crippen LogP contribution >= 0.6 is 0 Å². The van der Waals surface area contributed by atoms with Crippen LogP contribution in [0.3, 0.4) is 0 Å². The first-order valence-corrected chi connectivity index (χ1v) is 8.65. The molecule has 3 aromatic rings. The van der Waals surface area contributed by atoms with Gasteiger partial charge in [0.05, 0.1) is 17.7 Å². The molecule has 1 saturated heterocycles. The second kappa shape index (κ2) is 7.50. The Morgan fingerprint density at radius 1 is 1.11 bits per heavy atom. The number of primary amides is 1. The zero-order chi connectivity index (χ0) is 18.6. The average Bonchev–Trinajstić information content (AvgIpc) is 3.18. The molecule has 27 heavy (non-hydrogen) atoms. The molecule has 9 heteroatoms. The van der Waals surface area contributed by atoms with E-state index in [2.05, 4.69) is 30.0 Å². The Bertz CT molecular complexity index is 920. The molecular weight excluding hydrogens is 346 g/mol. The number of carbonyl (C=O) groups excluding carboxylic acids is 1. The van der Waals surface area contributed by atoms with Crippen LogP contribution in [0.5, 0.6) is 0 Å². The number of pyridine rings is 2. The second-order valence-corrected chi connectivity index (χ2v) is 6.24. The van der Waals surface area contributed by atoms with Crippen molar-refractivity contribution in [3.63, 3.8) is 0 Å². The van der Waals surface area contributed by atoms with Gasteiger partial charge in [0.25, 0.3) is 5.91 Å². The fraction of sp³-hybridized carbons (Fsp3) is 0.278. The first kappa shape index (κ1) is 17.1. The average molecular weight is 365 g/mol. The number of amides is 1. The molecule has 0 unspecified atom stereocenters. The van der Waals surface area contributed by atoms with Crippen LogP contribution in [0.25, 0.3) is 11.5 Å². The highest BCUT2D eigenvalue weighted by atomic mass is 16.4. The molecule has 4 heterocycles. The van der Waals surface area contributed by atoms with Crippen LogP contribution in [-0.2, 0) is 6.54 Å². The molecule has 4 rings (SSSR count). The SMILES string of the molecule is NC(=O)c1cccnc1N1CCN(Cc2nnc(-c3cccnc3)o2)CC1. The van der Waals surface area contributed by atoms with Gasteiger partial charge in [0.2, 0.25) is 11.8 Å². The summed E-state index contributed by atoms with van der Waals surface area (Å²) in [5.41, 5.74) is 6.70. The van der Waals surface area contributed by atoms with Gasteiger partial charge in [-0.2, -0.15) is 0 Å². The number of nitrogens with zero attached hydrogens (tertiary/aromatic N) is 6. The van der Waals surface area contributed by atoms with E-state index in [-0.39, 0.29) is 0 Å². The molecule has 1 fully saturated rings. The van der Waals surface area contributed by atoms with E-state index in [4.69, 9.17) is 10.2 Å². The van der Waals surface area contributed by atoms with Crippen LogP contribution < -0.4 is 10.6 Å². The van der Waals surface area contributed by atoms with E-state index in [0.29, 0.717) is 29.7 Å². The Morgan fingerprint density at radius 2 is 1.93 bits per heavy atom. The van der Waals surface area contributed by atoms with Gasteiger partial charge in [-0.05, 0) is 24.3 Å². The molecule has 1 aliphatic heterocycles. The third-order valence-electron chi connectivity index (χ3n) is 4.46. The van der Waals surface area contributed by atoms with Gasteiger partial charge < -0.3 is 15.1 Å². The van der Waals surface area contributed by atoms with Crippen molar-refractivity contribution >= 4 is 11.7 Å². The number of piperazine rings is 1. The summed E-state index contributed by atoms with van der Waals surface area (Å²) in [5.74, 6) is 1.21. The Labute approximate surface area is 155 Å². The maximum Gasteiger partial charge on any atom is 0.252 e. The maximum absolute atomic E-state index is 11.6. The Kier molecular flexibility index (Phi) is 4.75. The smallest absolute Gasteiger partial charge is 0.252 e. The molecule has 9 nitrogen and oxygen atoms in total. The topological polar surface area (TPSA) is 114 Å². The summed E-state index contributed by atoms with van der Waals surface area (Å²) in [4.78, 5) is 24.3. The summed E-state index contributed by atoms with van der Waals surface area (Å²) >= 11 is 0. The van der Waals surface area contributed by atoms with E-state index >= 15 is 0 Å². The number of aromatic nitrogens is 4. The fourth-order valence-electron chi connectivity index (χ4n) is 3.07. The molecule has 0 aliphatic carbocycles. The number of anilines is 1. The lowest BCUT2D eigenvalue weighted by Crippen LogP contribution is -2.46. The zero-order valence-corrected chi connectivity index (χ0v) is 14.7. The van der Waals surface area contributed by atoms with Gasteiger partial charge in [0, 0.05) is 44.8 Å². The molecular formula is C18H19N7O2. The minimum atomic E-state index is -0.464. The second-order valence-electron chi connectivity index (χ2n) is 6.24. The van der Waals surface area contributed by atoms with Crippen molar-refractivity contribution in [3.05, 3.63) is 54.3 Å². The van der Waals surface area contributed by atoms with Crippen molar-refractivity contribution in [1.29, 1.82) is 0 Å². The van der Waals surface area contributed by atoms with E-state index in [1.165, 1.54) is 0 Å². The Balaban J connectivity index is 1.38. The molecule has 0 bridgehead atoms. The van der Waals surface area contributed by atoms with Gasteiger partial charge in [-0.1, -0.05) is 0 Å². The van der Waals surface area contributed by atoms with Gasteiger partial charge in [-0.15, -0.1) is 10.2 Å². The van der Waals surface area contributed by atoms with Crippen molar-refractivity contribution in [2.45, 2.75) is 6.54 Å². The highest BCUT2D eigenvalue weighted by Gasteiger charge is 2.23. The normalized spacial score (nSPS) is 15.0. The van der Waals surface area contributed by atoms with Gasteiger partial charge >= 0.3 is 0 Å². The number of carbonyl (C=O) groups is 1. The lowest BCUT2D eigenvalue weighted by atomic mass is 10.2. The van der Waals surface area contributed by atoms with Crippen molar-refractivity contribution in [1.82, 2.24) is 25.1 Å². The third kappa shape index (κ3) is 3.77. The van der Waals surface area contributed by atoms with Gasteiger partial charge in [-0.25, -0.2) is 4.98 Å². The molecule has 1 amide bonds. The van der Waals surface area contributed by atoms with Crippen LogP contribution in [0.1, 0.15) is 16.2 Å². The molecule has 1 aliphatic rings. The standard InChI is InChI=1S/C18H19N7O2/c19-16(26)14-4-2-6-21-17(14)25-9-7-24(8-10-25)12-15-22-23-18(27-15)13-3-1-5-20-11-13/h1-6,11H,7-10,12H2,(H2,19,26). The number of rotatable bonds is 5. The molecule has 0 spiro atoms. The van der Waals surface area contributed by atoms with Crippen LogP contribution in [0.15, 0.2) is 47.3 Å². The molecule has 0 saturated carbocycles. The highest BCUT2D eigenvalue weighted by Crippen LogP contribution is 2.20. The molecule has 2 N–H and O–H groups in total. The lowest BCUT2D eigenvalue weighted by Gasteiger charge is -2.35. The van der Waals surface area contributed by atoms with Crippen molar-refractivity contribution in [2.75, 3.05) is 31.1 Å². The summed E-state index contributed by atoms with van der Waals surface area (Å²) in [6.45, 7) is 3.63. The summed E-state index contributed by atoms with van der Waals surface area (Å²) in [6, 6.07) is 7.13. The van der Waals surface area contributed by atoms with Gasteiger partial charge in [0.1, 0.15) is 5.82 Å². The first-order valence-electron chi connectivity index (χ1n) is 8.65. The molecule has 0 radical (unpaired) electrons. The van der Waals surface area contributed by atoms with Crippen LogP contribution in [0.2, 0.25) is 0 Å². The summed E-state index contributed by atoms with van der Waals surface area (Å²) in [6.07, 6.45) is 5.07. The molecule has 0 aromatic carbocycles. The number of hydrogen-bond donors (Lipinski definition) is 1. The van der Waals surface area contributed by atoms with E-state index in [1.807, 2.05) is 12.1 Å². The van der Waals surface area contributed by atoms with Crippen molar-refractivity contribution < 1.29 is 9.21 Å². The van der Waals surface area contributed by atoms with E-state index in [9.17, 15) is 4.79 Å². The highest BCUT2D eigenvalue weighted by molar-refractivity contribution is 5.97. The predicted octanol–water partition coefficient (Wildman–Crippen LogP) is 0.948. The van der Waals surface area contributed by atoms with Gasteiger partial charge in [-0.3, -0.25) is 14.7 Å². The van der Waals surface area contributed by atoms with E-state index in [1.54, 1.807) is 30.7 Å². The molecule has 138 valence electrons. The van der Waals surface area contributed by atoms with Gasteiger partial charge in [0.15, 0.2) is 0 Å². The fourth-order valence-corrected chi connectivity index (χ4v) is 3.07. The minimum Gasteiger partial charge on any atom is -0.419 e. The van der Waals surface area contributed by atoms with Crippen LogP contribution in [0, 0.1) is 0 Å². The number of nitrogens with two attached hydrogens (primary N) is 1. The summed E-state index contributed by atoms with van der Waals surface area (Å²) < 4.78 is 5.74. The summed E-state index contributed by atoms with van der Waals surface area (Å²) in [7, 11) is 0. The number of hydrogen-bond acceptors (Lipinski definition) is 8. The van der Waals surface area contributed by atoms with E-state index < -0.39 is 5.91 Å².